The number of amides is 1. The van der Waals surface area contributed by atoms with E-state index in [1.165, 1.54) is 5.56 Å². The molecule has 6 heteroatoms. The van der Waals surface area contributed by atoms with E-state index in [0.29, 0.717) is 6.42 Å². The molecule has 1 amide bonds. The van der Waals surface area contributed by atoms with Crippen LogP contribution in [-0.4, -0.2) is 68.3 Å². The number of hydrogen-bond acceptors (Lipinski definition) is 5. The minimum absolute atomic E-state index is 0.128. The molecular formula is C19H32N4O2. The molecule has 0 radical (unpaired) electrons. The maximum absolute atomic E-state index is 12.0. The van der Waals surface area contributed by atoms with Gasteiger partial charge < -0.3 is 15.0 Å². The fraction of sp³-hybridized carbons (Fsp3) is 0.684. The highest BCUT2D eigenvalue weighted by Crippen LogP contribution is 2.13. The third-order valence-corrected chi connectivity index (χ3v) is 4.62. The maximum atomic E-state index is 12.0. The first-order chi connectivity index (χ1) is 12.2. The molecule has 140 valence electrons. The predicted molar refractivity (Wildman–Crippen MR) is 101 cm³/mol. The molecular weight excluding hydrogens is 316 g/mol. The van der Waals surface area contributed by atoms with Crippen molar-refractivity contribution < 1.29 is 9.53 Å². The van der Waals surface area contributed by atoms with E-state index in [9.17, 15) is 4.79 Å². The average Bonchev–Trinajstić information content (AvgIpc) is 2.66. The molecule has 0 aliphatic carbocycles. The molecule has 25 heavy (non-hydrogen) atoms. The van der Waals surface area contributed by atoms with Gasteiger partial charge in [0.05, 0.1) is 13.2 Å². The molecule has 0 unspecified atom stereocenters. The molecule has 0 atom stereocenters. The highest BCUT2D eigenvalue weighted by Gasteiger charge is 2.10. The summed E-state index contributed by atoms with van der Waals surface area (Å²) in [6, 6.07) is 4.09. The van der Waals surface area contributed by atoms with E-state index in [2.05, 4.69) is 40.0 Å². The van der Waals surface area contributed by atoms with Gasteiger partial charge in [0.15, 0.2) is 0 Å². The van der Waals surface area contributed by atoms with Crippen LogP contribution in [0.3, 0.4) is 0 Å². The number of hydrogen-bond donors (Lipinski definition) is 1. The number of nitrogens with zero attached hydrogens (tertiary/aromatic N) is 3. The second-order valence-electron chi connectivity index (χ2n) is 6.35. The summed E-state index contributed by atoms with van der Waals surface area (Å²) in [6.07, 6.45) is 4.11. The van der Waals surface area contributed by atoms with Crippen LogP contribution in [0.5, 0.6) is 0 Å². The minimum atomic E-state index is 0.128. The number of ether oxygens (including phenoxy) is 1. The second-order valence-corrected chi connectivity index (χ2v) is 6.35. The van der Waals surface area contributed by atoms with Crippen molar-refractivity contribution in [1.82, 2.24) is 15.2 Å². The van der Waals surface area contributed by atoms with Crippen molar-refractivity contribution in [2.24, 2.45) is 0 Å². The summed E-state index contributed by atoms with van der Waals surface area (Å²) in [7, 11) is 0. The molecule has 1 aliphatic heterocycles. The van der Waals surface area contributed by atoms with Gasteiger partial charge in [-0.1, -0.05) is 0 Å². The summed E-state index contributed by atoms with van der Waals surface area (Å²) >= 11 is 0. The van der Waals surface area contributed by atoms with Crippen LogP contribution in [0.1, 0.15) is 32.3 Å². The standard InChI is InChI=1S/C19H32N4O2/c1-3-23(4-2)18-16-17(8-10-20-18)6-7-19(24)21-9-5-11-22-12-14-25-15-13-22/h8,10,16H,3-7,9,11-15H2,1-2H3,(H,21,24). The van der Waals surface area contributed by atoms with Gasteiger partial charge in [-0.15, -0.1) is 0 Å². The normalized spacial score (nSPS) is 15.1. The van der Waals surface area contributed by atoms with Crippen LogP contribution >= 0.6 is 0 Å². The van der Waals surface area contributed by atoms with Crippen molar-refractivity contribution in [3.8, 4) is 0 Å². The van der Waals surface area contributed by atoms with Gasteiger partial charge in [-0.2, -0.15) is 0 Å². The molecule has 0 bridgehead atoms. The zero-order valence-corrected chi connectivity index (χ0v) is 15.7. The molecule has 0 aromatic carbocycles. The number of anilines is 1. The van der Waals surface area contributed by atoms with Gasteiger partial charge >= 0.3 is 0 Å². The number of nitrogens with one attached hydrogen (secondary N) is 1. The maximum Gasteiger partial charge on any atom is 0.220 e. The number of rotatable bonds is 10. The molecule has 2 heterocycles. The van der Waals surface area contributed by atoms with Crippen molar-refractivity contribution in [3.63, 3.8) is 0 Å². The molecule has 1 aliphatic rings. The van der Waals surface area contributed by atoms with Crippen molar-refractivity contribution in [2.75, 3.05) is 57.4 Å². The van der Waals surface area contributed by atoms with Gasteiger partial charge in [-0.25, -0.2) is 4.98 Å². The Labute approximate surface area is 151 Å². The number of morpholine rings is 1. The second kappa shape index (κ2) is 11.1. The third kappa shape index (κ3) is 7.00. The minimum Gasteiger partial charge on any atom is -0.379 e. The van der Waals surface area contributed by atoms with Crippen molar-refractivity contribution in [3.05, 3.63) is 23.9 Å². The molecule has 0 spiro atoms. The van der Waals surface area contributed by atoms with Gasteiger partial charge in [0, 0.05) is 45.3 Å². The number of carbonyl (C=O) groups is 1. The monoisotopic (exact) mass is 348 g/mol. The highest BCUT2D eigenvalue weighted by atomic mass is 16.5. The smallest absolute Gasteiger partial charge is 0.220 e. The van der Waals surface area contributed by atoms with Crippen LogP contribution in [0.15, 0.2) is 18.3 Å². The molecule has 1 saturated heterocycles. The van der Waals surface area contributed by atoms with Crippen molar-refractivity contribution in [1.29, 1.82) is 0 Å². The summed E-state index contributed by atoms with van der Waals surface area (Å²) in [6.45, 7) is 11.6. The number of aryl methyl sites for hydroxylation is 1. The lowest BCUT2D eigenvalue weighted by atomic mass is 10.1. The lowest BCUT2D eigenvalue weighted by molar-refractivity contribution is -0.121. The van der Waals surface area contributed by atoms with Crippen LogP contribution in [0, 0.1) is 0 Å². The number of carbonyl (C=O) groups excluding carboxylic acids is 1. The van der Waals surface area contributed by atoms with Crippen LogP contribution < -0.4 is 10.2 Å². The summed E-state index contributed by atoms with van der Waals surface area (Å²) in [4.78, 5) is 21.1. The molecule has 1 aromatic rings. The fourth-order valence-electron chi connectivity index (χ4n) is 3.04. The Balaban J connectivity index is 1.65. The van der Waals surface area contributed by atoms with Gasteiger partial charge in [0.25, 0.3) is 0 Å². The van der Waals surface area contributed by atoms with Crippen LogP contribution in [0.25, 0.3) is 0 Å². The quantitative estimate of drug-likeness (QED) is 0.652. The van der Waals surface area contributed by atoms with Crippen LogP contribution in [-0.2, 0) is 16.0 Å². The molecule has 0 saturated carbocycles. The van der Waals surface area contributed by atoms with Gasteiger partial charge in [-0.05, 0) is 50.9 Å². The Morgan fingerprint density at radius 3 is 2.80 bits per heavy atom. The predicted octanol–water partition coefficient (Wildman–Crippen LogP) is 1.70. The summed E-state index contributed by atoms with van der Waals surface area (Å²) < 4.78 is 5.34. The zero-order valence-electron chi connectivity index (χ0n) is 15.7. The fourth-order valence-corrected chi connectivity index (χ4v) is 3.04. The van der Waals surface area contributed by atoms with Gasteiger partial charge in [0.2, 0.25) is 5.91 Å². The Morgan fingerprint density at radius 2 is 2.08 bits per heavy atom. The van der Waals surface area contributed by atoms with E-state index in [1.54, 1.807) is 0 Å². The SMILES string of the molecule is CCN(CC)c1cc(CCC(=O)NCCCN2CCOCC2)ccn1. The molecule has 1 N–H and O–H groups in total. The highest BCUT2D eigenvalue weighted by molar-refractivity contribution is 5.76. The zero-order chi connectivity index (χ0) is 17.9. The van der Waals surface area contributed by atoms with E-state index in [0.717, 1.165) is 71.1 Å². The summed E-state index contributed by atoms with van der Waals surface area (Å²) in [5, 5.41) is 3.03. The molecule has 6 nitrogen and oxygen atoms in total. The topological polar surface area (TPSA) is 57.7 Å². The number of pyridine rings is 1. The van der Waals surface area contributed by atoms with E-state index in [4.69, 9.17) is 4.74 Å². The molecule has 1 fully saturated rings. The third-order valence-electron chi connectivity index (χ3n) is 4.62. The molecule has 2 rings (SSSR count). The largest absolute Gasteiger partial charge is 0.379 e. The van der Waals surface area contributed by atoms with Crippen molar-refractivity contribution >= 4 is 11.7 Å². The van der Waals surface area contributed by atoms with E-state index >= 15 is 0 Å². The Kier molecular flexibility index (Phi) is 8.69. The first-order valence-electron chi connectivity index (χ1n) is 9.49. The Hall–Kier alpha value is -1.66. The lowest BCUT2D eigenvalue weighted by Gasteiger charge is -2.26. The summed E-state index contributed by atoms with van der Waals surface area (Å²) in [5.41, 5.74) is 1.17. The first-order valence-corrected chi connectivity index (χ1v) is 9.49. The summed E-state index contributed by atoms with van der Waals surface area (Å²) in [5.74, 6) is 1.12. The average molecular weight is 348 g/mol. The van der Waals surface area contributed by atoms with Gasteiger partial charge in [0.1, 0.15) is 5.82 Å². The van der Waals surface area contributed by atoms with Gasteiger partial charge in [-0.3, -0.25) is 9.69 Å². The van der Waals surface area contributed by atoms with E-state index in [1.807, 2.05) is 12.3 Å². The Morgan fingerprint density at radius 1 is 1.32 bits per heavy atom. The lowest BCUT2D eigenvalue weighted by Crippen LogP contribution is -2.38. The van der Waals surface area contributed by atoms with Crippen LogP contribution in [0.2, 0.25) is 0 Å². The van der Waals surface area contributed by atoms with E-state index < -0.39 is 0 Å². The Bertz CT molecular complexity index is 514. The molecule has 1 aromatic heterocycles. The van der Waals surface area contributed by atoms with Crippen LogP contribution in [0.4, 0.5) is 5.82 Å². The number of aromatic nitrogens is 1. The van der Waals surface area contributed by atoms with Crippen molar-refractivity contribution in [2.45, 2.75) is 33.1 Å². The van der Waals surface area contributed by atoms with E-state index in [-0.39, 0.29) is 5.91 Å². The first kappa shape index (κ1) is 19.7.